The van der Waals surface area contributed by atoms with Crippen LogP contribution in [0, 0.1) is 44.7 Å². The van der Waals surface area contributed by atoms with Gasteiger partial charge in [0.2, 0.25) is 0 Å². The molecule has 0 fully saturated rings. The Morgan fingerprint density at radius 1 is 0.471 bits per heavy atom. The zero-order valence-electron chi connectivity index (χ0n) is 39.9. The molecule has 8 nitrogen and oxygen atoms in total. The summed E-state index contributed by atoms with van der Waals surface area (Å²) >= 11 is -2.25. The maximum atomic E-state index is 16.0. The molecule has 70 heavy (non-hydrogen) atoms. The van der Waals surface area contributed by atoms with Crippen molar-refractivity contribution < 1.29 is 44.3 Å². The van der Waals surface area contributed by atoms with Crippen LogP contribution in [0.25, 0.3) is 22.3 Å². The zero-order chi connectivity index (χ0) is 50.0. The summed E-state index contributed by atoms with van der Waals surface area (Å²) in [7, 11) is 0. The van der Waals surface area contributed by atoms with Crippen LogP contribution in [-0.4, -0.2) is 35.7 Å². The molecule has 8 rings (SSSR count). The molecule has 0 aliphatic rings. The van der Waals surface area contributed by atoms with E-state index in [1.165, 1.54) is 36.7 Å². The van der Waals surface area contributed by atoms with Crippen molar-refractivity contribution in [2.45, 2.75) is 41.5 Å². The third kappa shape index (κ3) is 11.8. The molecule has 8 aromatic rings. The van der Waals surface area contributed by atoms with Crippen LogP contribution < -0.4 is 9.80 Å². The van der Waals surface area contributed by atoms with E-state index in [-0.39, 0.29) is 22.6 Å². The van der Waals surface area contributed by atoms with E-state index in [1.54, 1.807) is 0 Å². The molecule has 0 saturated carbocycles. The molecule has 11 heteroatoms. The second-order valence-electron chi connectivity index (χ2n) is 17.9. The first kappa shape index (κ1) is 50.3. The fraction of sp³-hybridized carbons (Fsp3) is 0.153. The Morgan fingerprint density at radius 3 is 1.01 bits per heavy atom. The summed E-state index contributed by atoms with van der Waals surface area (Å²) in [5.41, 5.74) is 11.5. The van der Waals surface area contributed by atoms with Crippen LogP contribution in [0.4, 0.5) is 42.9 Å². The molecule has 0 heterocycles. The number of nitrogens with zero attached hydrogens (tertiary/aromatic N) is 4. The third-order valence-corrected chi connectivity index (χ3v) is 11.9. The van der Waals surface area contributed by atoms with E-state index in [0.29, 0.717) is 24.2 Å². The third-order valence-electron chi connectivity index (χ3n) is 11.9. The molecule has 354 valence electrons. The number of aryl methyl sites for hydroxylation is 4. The van der Waals surface area contributed by atoms with Crippen LogP contribution in [0.15, 0.2) is 180 Å². The van der Waals surface area contributed by atoms with E-state index in [1.807, 2.05) is 139 Å². The minimum atomic E-state index is -2.25. The van der Waals surface area contributed by atoms with Crippen molar-refractivity contribution >= 4 is 46.6 Å². The molecule has 0 unspecified atom stereocenters. The van der Waals surface area contributed by atoms with E-state index < -0.39 is 35.5 Å². The average molecular weight is 1100 g/mol. The predicted octanol–water partition coefficient (Wildman–Crippen LogP) is 15.2. The molecule has 0 bridgehead atoms. The molecule has 0 aliphatic carbocycles. The molecule has 2 N–H and O–H groups in total. The molecule has 0 spiro atoms. The molecule has 0 radical (unpaired) electrons. The number of hydrogen-bond acceptors (Lipinski definition) is 8. The van der Waals surface area contributed by atoms with Crippen LogP contribution in [0.3, 0.4) is 0 Å². The van der Waals surface area contributed by atoms with Crippen LogP contribution in [0.2, 0.25) is 0 Å². The monoisotopic (exact) mass is 1100 g/mol. The molecular formula is C59H54F2N4O4W. The second kappa shape index (κ2) is 22.7. The van der Waals surface area contributed by atoms with Gasteiger partial charge in [0.15, 0.2) is 0 Å². The minimum absolute atomic E-state index is 0.0855. The van der Waals surface area contributed by atoms with Gasteiger partial charge in [0, 0.05) is 87.3 Å². The number of para-hydroxylation sites is 4. The summed E-state index contributed by atoms with van der Waals surface area (Å²) in [5.74, 6) is -1.11. The summed E-state index contributed by atoms with van der Waals surface area (Å²) in [6.45, 7) is 12.4. The number of phenolic OH excluding ortho intramolecular Hbond substituents is 2. The van der Waals surface area contributed by atoms with Gasteiger partial charge in [-0.05, 0) is 158 Å². The summed E-state index contributed by atoms with van der Waals surface area (Å²) in [6, 6.07) is 54.1. The van der Waals surface area contributed by atoms with Gasteiger partial charge < -0.3 is 20.0 Å². The average Bonchev–Trinajstić information content (AvgIpc) is 3.33. The first-order valence-corrected chi connectivity index (χ1v) is 25.1. The van der Waals surface area contributed by atoms with Gasteiger partial charge in [0.25, 0.3) is 0 Å². The molecule has 0 saturated heterocycles. The van der Waals surface area contributed by atoms with Gasteiger partial charge in [0.1, 0.15) is 23.1 Å². The topological polar surface area (TPSA) is 106 Å². The number of benzene rings is 8. The number of aliphatic imine (C=N–C) groups is 2. The number of phenols is 2. The van der Waals surface area contributed by atoms with Gasteiger partial charge >= 0.3 is 25.3 Å². The summed E-state index contributed by atoms with van der Waals surface area (Å²) in [6.07, 6.45) is 2.96. The fourth-order valence-corrected chi connectivity index (χ4v) is 8.77. The number of aromatic hydroxyl groups is 2. The Kier molecular flexibility index (Phi) is 16.3. The Hall–Kier alpha value is -7.55. The standard InChI is InChI=1S/C59H54F2N4O2.2O.W/c1-39-27-49(64(45-19-11-7-12-20-45)46-21-13-8-14-22-46)28-40(2)57(39)51-33-55(66)43(31-53(51)60)35-62-37-59(5,6)38-63-36-44-32-54(61)52(34-56(44)67)58-41(3)29-50(30-42(58)4)65(47-23-15-9-16-24-47)48-25-17-10-18-26-48;;;/h7-36,66-67H,37-38H2,1-6H3;;;. The number of rotatable bonds is 14. The van der Waals surface area contributed by atoms with Crippen molar-refractivity contribution in [2.24, 2.45) is 15.4 Å². The number of anilines is 6. The van der Waals surface area contributed by atoms with Crippen LogP contribution in [0.1, 0.15) is 47.2 Å². The van der Waals surface area contributed by atoms with Crippen molar-refractivity contribution in [1.29, 1.82) is 0 Å². The Labute approximate surface area is 417 Å². The van der Waals surface area contributed by atoms with E-state index >= 15 is 8.78 Å². The second-order valence-corrected chi connectivity index (χ2v) is 18.4. The number of halogens is 2. The molecule has 0 aliphatic heterocycles. The van der Waals surface area contributed by atoms with Gasteiger partial charge in [-0.15, -0.1) is 0 Å². The molecule has 0 amide bonds. The molecule has 0 aromatic heterocycles. The Balaban J connectivity index is 0.00000235. The van der Waals surface area contributed by atoms with Crippen LogP contribution in [0.5, 0.6) is 11.5 Å². The first-order chi connectivity index (χ1) is 33.7. The van der Waals surface area contributed by atoms with Gasteiger partial charge in [-0.1, -0.05) is 86.6 Å². The summed E-state index contributed by atoms with van der Waals surface area (Å²) in [4.78, 5) is 13.5. The predicted molar refractivity (Wildman–Crippen MR) is 275 cm³/mol. The van der Waals surface area contributed by atoms with Gasteiger partial charge in [0.05, 0.1) is 0 Å². The quantitative estimate of drug-likeness (QED) is 0.105. The molecular weight excluding hydrogens is 1050 g/mol. The fourth-order valence-electron chi connectivity index (χ4n) is 8.77. The maximum absolute atomic E-state index is 16.0. The van der Waals surface area contributed by atoms with Crippen molar-refractivity contribution in [3.63, 3.8) is 0 Å². The SMILES string of the molecule is Cc1cc(N(c2ccccc2)c2ccccc2)cc(C)c1-c1cc(O)c(C=NCC(C)(C)CN=Cc2cc(F)c(-c3c(C)cc(N(c4ccccc4)c4ccccc4)cc3C)cc2O)cc1F.[O]=[W]=[O]. The summed E-state index contributed by atoms with van der Waals surface area (Å²) < 4.78 is 49.1. The van der Waals surface area contributed by atoms with E-state index in [0.717, 1.165) is 67.5 Å². The first-order valence-electron chi connectivity index (χ1n) is 22.7. The van der Waals surface area contributed by atoms with Crippen molar-refractivity contribution in [3.05, 3.63) is 215 Å². The van der Waals surface area contributed by atoms with E-state index in [9.17, 15) is 10.2 Å². The van der Waals surface area contributed by atoms with Gasteiger partial charge in [-0.25, -0.2) is 8.78 Å². The van der Waals surface area contributed by atoms with E-state index in [4.69, 9.17) is 6.80 Å². The van der Waals surface area contributed by atoms with Gasteiger partial charge in [-0.3, -0.25) is 9.98 Å². The van der Waals surface area contributed by atoms with Gasteiger partial charge in [-0.2, -0.15) is 0 Å². The normalized spacial score (nSPS) is 11.4. The van der Waals surface area contributed by atoms with Crippen molar-refractivity contribution in [3.8, 4) is 33.8 Å². The molecule has 8 aromatic carbocycles. The van der Waals surface area contributed by atoms with Crippen molar-refractivity contribution in [1.82, 2.24) is 0 Å². The van der Waals surface area contributed by atoms with Crippen LogP contribution in [-0.2, 0) is 25.3 Å². The zero-order valence-corrected chi connectivity index (χ0v) is 42.8. The van der Waals surface area contributed by atoms with Crippen LogP contribution >= 0.6 is 0 Å². The number of hydrogen-bond donors (Lipinski definition) is 2. The Bertz CT molecular complexity index is 2870. The van der Waals surface area contributed by atoms with Crippen molar-refractivity contribution in [2.75, 3.05) is 22.9 Å². The van der Waals surface area contributed by atoms with E-state index in [2.05, 4.69) is 68.3 Å². The Morgan fingerprint density at radius 2 is 0.743 bits per heavy atom. The summed E-state index contributed by atoms with van der Waals surface area (Å²) in [5, 5.41) is 22.3. The molecule has 0 atom stereocenters.